The topological polar surface area (TPSA) is 23.8 Å². The highest BCUT2D eigenvalue weighted by Gasteiger charge is 2.50. The lowest BCUT2D eigenvalue weighted by atomic mass is 9.49. The van der Waals surface area contributed by atoms with Crippen LogP contribution in [-0.2, 0) is 0 Å². The summed E-state index contributed by atoms with van der Waals surface area (Å²) in [5.41, 5.74) is 0. The summed E-state index contributed by atoms with van der Waals surface area (Å²) in [5.74, 6) is 4.84. The van der Waals surface area contributed by atoms with Gasteiger partial charge in [0.25, 0.3) is 0 Å². The molecular weight excluding hydrogens is 206 g/mol. The van der Waals surface area contributed by atoms with Crippen LogP contribution in [0.4, 0.5) is 0 Å². The van der Waals surface area contributed by atoms with Crippen molar-refractivity contribution < 1.29 is 0 Å². The van der Waals surface area contributed by atoms with Crippen LogP contribution in [0.5, 0.6) is 0 Å². The number of rotatable bonds is 3. The number of allylic oxidation sites excluding steroid dienone is 2. The number of nitrogens with zero attached hydrogens (tertiary/aromatic N) is 1. The molecule has 17 heavy (non-hydrogen) atoms. The molecule has 1 atom stereocenters. The Kier molecular flexibility index (Phi) is 2.99. The minimum Gasteiger partial charge on any atom is -0.198 e. The van der Waals surface area contributed by atoms with Crippen LogP contribution < -0.4 is 0 Å². The Balaban J connectivity index is 1.76. The third kappa shape index (κ3) is 1.92. The second-order valence-electron chi connectivity index (χ2n) is 6.55. The number of nitriles is 1. The molecule has 0 amide bonds. The molecule has 0 aliphatic heterocycles. The van der Waals surface area contributed by atoms with Gasteiger partial charge in [-0.3, -0.25) is 0 Å². The second-order valence-corrected chi connectivity index (χ2v) is 6.55. The molecular formula is C16H23N. The predicted octanol–water partition coefficient (Wildman–Crippen LogP) is 4.16. The average molecular weight is 229 g/mol. The third-order valence-corrected chi connectivity index (χ3v) is 5.56. The Bertz CT molecular complexity index is 321. The van der Waals surface area contributed by atoms with E-state index < -0.39 is 0 Å². The van der Waals surface area contributed by atoms with E-state index >= 15 is 0 Å². The number of hydrogen-bond acceptors (Lipinski definition) is 1. The highest BCUT2D eigenvalue weighted by atomic mass is 14.5. The Morgan fingerprint density at radius 2 is 1.71 bits per heavy atom. The normalized spacial score (nSPS) is 45.1. The van der Waals surface area contributed by atoms with E-state index in [-0.39, 0.29) is 0 Å². The van der Waals surface area contributed by atoms with Crippen LogP contribution in [-0.4, -0.2) is 0 Å². The van der Waals surface area contributed by atoms with Crippen molar-refractivity contribution in [3.8, 4) is 6.07 Å². The van der Waals surface area contributed by atoms with Gasteiger partial charge in [-0.1, -0.05) is 12.2 Å². The molecule has 0 aromatic rings. The van der Waals surface area contributed by atoms with E-state index in [0.29, 0.717) is 5.92 Å². The largest absolute Gasteiger partial charge is 0.198 e. The fourth-order valence-corrected chi connectivity index (χ4v) is 5.20. The summed E-state index contributed by atoms with van der Waals surface area (Å²) in [6.45, 7) is 2.06. The fourth-order valence-electron chi connectivity index (χ4n) is 5.20. The lowest BCUT2D eigenvalue weighted by molar-refractivity contribution is -0.0517. The fraction of sp³-hybridized carbons (Fsp3) is 0.812. The van der Waals surface area contributed by atoms with Gasteiger partial charge in [-0.05, 0) is 75.0 Å². The van der Waals surface area contributed by atoms with Gasteiger partial charge in [-0.15, -0.1) is 0 Å². The highest BCUT2D eigenvalue weighted by molar-refractivity contribution is 5.05. The minimum atomic E-state index is 0.293. The lowest BCUT2D eigenvalue weighted by Crippen LogP contribution is -2.47. The summed E-state index contributed by atoms with van der Waals surface area (Å²) < 4.78 is 0. The van der Waals surface area contributed by atoms with Gasteiger partial charge in [0.05, 0.1) is 12.0 Å². The van der Waals surface area contributed by atoms with Crippen molar-refractivity contribution in [2.45, 2.75) is 45.4 Å². The summed E-state index contributed by atoms with van der Waals surface area (Å²) in [5, 5.41) is 9.45. The van der Waals surface area contributed by atoms with Crippen LogP contribution in [0.3, 0.4) is 0 Å². The van der Waals surface area contributed by atoms with Gasteiger partial charge in [-0.25, -0.2) is 0 Å². The Hall–Kier alpha value is -0.770. The van der Waals surface area contributed by atoms with Crippen molar-refractivity contribution in [2.24, 2.45) is 35.5 Å². The van der Waals surface area contributed by atoms with Gasteiger partial charge < -0.3 is 0 Å². The van der Waals surface area contributed by atoms with E-state index in [4.69, 9.17) is 0 Å². The first kappa shape index (κ1) is 11.3. The molecule has 4 saturated carbocycles. The molecule has 0 spiro atoms. The summed E-state index contributed by atoms with van der Waals surface area (Å²) in [6, 6.07) is 2.61. The highest BCUT2D eigenvalue weighted by Crippen LogP contribution is 2.58. The first-order valence-electron chi connectivity index (χ1n) is 7.32. The van der Waals surface area contributed by atoms with Gasteiger partial charge >= 0.3 is 0 Å². The molecule has 0 heterocycles. The van der Waals surface area contributed by atoms with Crippen LogP contribution in [0.15, 0.2) is 12.2 Å². The van der Waals surface area contributed by atoms with Crippen molar-refractivity contribution in [2.75, 3.05) is 0 Å². The molecule has 4 rings (SSSR count). The molecule has 1 heteroatoms. The maximum Gasteiger partial charge on any atom is 0.0662 e. The molecule has 1 nitrogen and oxygen atoms in total. The van der Waals surface area contributed by atoms with Crippen molar-refractivity contribution in [1.29, 1.82) is 5.26 Å². The first-order valence-corrected chi connectivity index (χ1v) is 7.32. The summed E-state index contributed by atoms with van der Waals surface area (Å²) in [6.07, 6.45) is 12.5. The first-order chi connectivity index (χ1) is 8.31. The van der Waals surface area contributed by atoms with Gasteiger partial charge in [0.1, 0.15) is 0 Å². The molecule has 0 radical (unpaired) electrons. The maximum atomic E-state index is 9.45. The van der Waals surface area contributed by atoms with Crippen LogP contribution in [0, 0.1) is 46.8 Å². The van der Waals surface area contributed by atoms with Crippen LogP contribution >= 0.6 is 0 Å². The van der Waals surface area contributed by atoms with Gasteiger partial charge in [0.2, 0.25) is 0 Å². The van der Waals surface area contributed by atoms with Gasteiger partial charge in [-0.2, -0.15) is 5.26 Å². The molecule has 4 aliphatic carbocycles. The van der Waals surface area contributed by atoms with E-state index in [1.165, 1.54) is 32.1 Å². The SMILES string of the molecule is C/C=C/CC(C#N)C1C2CC3CC(C2)CC1C3. The van der Waals surface area contributed by atoms with Crippen LogP contribution in [0.1, 0.15) is 45.4 Å². The van der Waals surface area contributed by atoms with Crippen LogP contribution in [0.25, 0.3) is 0 Å². The van der Waals surface area contributed by atoms with Crippen molar-refractivity contribution in [3.05, 3.63) is 12.2 Å². The predicted molar refractivity (Wildman–Crippen MR) is 69.1 cm³/mol. The Morgan fingerprint density at radius 3 is 2.18 bits per heavy atom. The number of hydrogen-bond donors (Lipinski definition) is 0. The molecule has 4 bridgehead atoms. The summed E-state index contributed by atoms with van der Waals surface area (Å²) in [7, 11) is 0. The van der Waals surface area contributed by atoms with Crippen LogP contribution in [0.2, 0.25) is 0 Å². The van der Waals surface area contributed by atoms with Gasteiger partial charge in [0.15, 0.2) is 0 Å². The van der Waals surface area contributed by atoms with Gasteiger partial charge in [0, 0.05) is 0 Å². The Morgan fingerprint density at radius 1 is 1.12 bits per heavy atom. The smallest absolute Gasteiger partial charge is 0.0662 e. The molecule has 1 unspecified atom stereocenters. The lowest BCUT2D eigenvalue weighted by Gasteiger charge is -2.55. The van der Waals surface area contributed by atoms with E-state index in [2.05, 4.69) is 25.1 Å². The van der Waals surface area contributed by atoms with Crippen molar-refractivity contribution >= 4 is 0 Å². The zero-order valence-electron chi connectivity index (χ0n) is 10.8. The monoisotopic (exact) mass is 229 g/mol. The molecule has 0 saturated heterocycles. The summed E-state index contributed by atoms with van der Waals surface area (Å²) >= 11 is 0. The molecule has 92 valence electrons. The quantitative estimate of drug-likeness (QED) is 0.666. The zero-order chi connectivity index (χ0) is 11.8. The molecule has 0 aromatic heterocycles. The minimum absolute atomic E-state index is 0.293. The molecule has 4 fully saturated rings. The maximum absolute atomic E-state index is 9.45. The molecule has 4 aliphatic rings. The van der Waals surface area contributed by atoms with Crippen molar-refractivity contribution in [1.82, 2.24) is 0 Å². The second kappa shape index (κ2) is 4.48. The Labute approximate surface area is 105 Å². The molecule has 0 N–H and O–H groups in total. The van der Waals surface area contributed by atoms with Crippen molar-refractivity contribution in [3.63, 3.8) is 0 Å². The molecule has 0 aromatic carbocycles. The van der Waals surface area contributed by atoms with E-state index in [1.54, 1.807) is 0 Å². The zero-order valence-corrected chi connectivity index (χ0v) is 10.8. The standard InChI is InChI=1S/C16H23N/c1-2-3-4-13(10-17)16-14-6-11-5-12(8-14)9-15(16)7-11/h2-3,11-16H,4-9H2,1H3/b3-2+. The van der Waals surface area contributed by atoms with E-state index in [0.717, 1.165) is 36.0 Å². The average Bonchev–Trinajstić information content (AvgIpc) is 2.31. The van der Waals surface area contributed by atoms with E-state index in [9.17, 15) is 5.26 Å². The van der Waals surface area contributed by atoms with E-state index in [1.807, 2.05) is 0 Å². The summed E-state index contributed by atoms with van der Waals surface area (Å²) in [4.78, 5) is 0. The third-order valence-electron chi connectivity index (χ3n) is 5.56.